The topological polar surface area (TPSA) is 79.4 Å². The van der Waals surface area contributed by atoms with Gasteiger partial charge in [0.1, 0.15) is 0 Å². The number of sulfonamides is 1. The number of benzene rings is 1. The SMILES string of the molecule is Cc1csc(NC(=O)CN(C2CCCCC2)S(=O)(=O)c2cccc(C(F)(F)F)c2)n1. The van der Waals surface area contributed by atoms with Crippen molar-refractivity contribution in [1.29, 1.82) is 0 Å². The minimum atomic E-state index is -4.67. The van der Waals surface area contributed by atoms with Crippen LogP contribution in [0.15, 0.2) is 34.5 Å². The maximum absolute atomic E-state index is 13.3. The summed E-state index contributed by atoms with van der Waals surface area (Å²) in [6.07, 6.45) is -0.997. The van der Waals surface area contributed by atoms with E-state index in [4.69, 9.17) is 0 Å². The van der Waals surface area contributed by atoms with Gasteiger partial charge < -0.3 is 5.32 Å². The highest BCUT2D eigenvalue weighted by molar-refractivity contribution is 7.89. The van der Waals surface area contributed by atoms with Crippen molar-refractivity contribution in [3.05, 3.63) is 40.9 Å². The summed E-state index contributed by atoms with van der Waals surface area (Å²) in [5, 5.41) is 4.66. The lowest BCUT2D eigenvalue weighted by Gasteiger charge is -2.33. The minimum absolute atomic E-state index is 0.345. The Morgan fingerprint density at radius 3 is 2.57 bits per heavy atom. The number of nitrogens with zero attached hydrogens (tertiary/aromatic N) is 2. The Labute approximate surface area is 177 Å². The zero-order valence-corrected chi connectivity index (χ0v) is 17.9. The molecule has 11 heteroatoms. The van der Waals surface area contributed by atoms with Crippen LogP contribution in [-0.2, 0) is 21.0 Å². The molecule has 1 amide bonds. The van der Waals surface area contributed by atoms with E-state index in [1.165, 1.54) is 11.3 Å². The molecule has 1 aromatic heterocycles. The van der Waals surface area contributed by atoms with E-state index in [0.29, 0.717) is 24.0 Å². The van der Waals surface area contributed by atoms with Gasteiger partial charge in [-0.3, -0.25) is 4.79 Å². The first kappa shape index (κ1) is 22.7. The second-order valence-corrected chi connectivity index (χ2v) is 9.96. The number of aryl methyl sites for hydroxylation is 1. The van der Waals surface area contributed by atoms with E-state index in [-0.39, 0.29) is 0 Å². The predicted molar refractivity (Wildman–Crippen MR) is 108 cm³/mol. The van der Waals surface area contributed by atoms with Crippen molar-refractivity contribution in [3.8, 4) is 0 Å². The second kappa shape index (κ2) is 9.03. The van der Waals surface area contributed by atoms with Crippen LogP contribution in [0.2, 0.25) is 0 Å². The molecule has 1 aromatic carbocycles. The van der Waals surface area contributed by atoms with Crippen LogP contribution < -0.4 is 5.32 Å². The Morgan fingerprint density at radius 1 is 1.27 bits per heavy atom. The summed E-state index contributed by atoms with van der Waals surface area (Å²) in [5.74, 6) is -0.578. The zero-order chi connectivity index (χ0) is 21.9. The van der Waals surface area contributed by atoms with Crippen molar-refractivity contribution >= 4 is 32.4 Å². The molecule has 0 aliphatic heterocycles. The first-order valence-corrected chi connectivity index (χ1v) is 11.8. The number of thiazole rings is 1. The molecular formula is C19H22F3N3O3S2. The van der Waals surface area contributed by atoms with Gasteiger partial charge in [0.15, 0.2) is 5.13 Å². The van der Waals surface area contributed by atoms with E-state index in [1.54, 1.807) is 12.3 Å². The molecule has 0 saturated heterocycles. The van der Waals surface area contributed by atoms with Crippen LogP contribution >= 0.6 is 11.3 Å². The van der Waals surface area contributed by atoms with E-state index in [1.807, 2.05) is 0 Å². The fourth-order valence-corrected chi connectivity index (χ4v) is 5.85. The summed E-state index contributed by atoms with van der Waals surface area (Å²) >= 11 is 1.21. The molecule has 1 fully saturated rings. The smallest absolute Gasteiger partial charge is 0.301 e. The number of rotatable bonds is 6. The van der Waals surface area contributed by atoms with Crippen LogP contribution in [0.1, 0.15) is 43.4 Å². The van der Waals surface area contributed by atoms with E-state index >= 15 is 0 Å². The normalized spacial score (nSPS) is 16.0. The number of alkyl halides is 3. The van der Waals surface area contributed by atoms with Gasteiger partial charge in [-0.2, -0.15) is 17.5 Å². The molecule has 6 nitrogen and oxygen atoms in total. The maximum atomic E-state index is 13.3. The Morgan fingerprint density at radius 2 is 1.97 bits per heavy atom. The maximum Gasteiger partial charge on any atom is 0.416 e. The lowest BCUT2D eigenvalue weighted by atomic mass is 9.95. The number of carbonyl (C=O) groups is 1. The minimum Gasteiger partial charge on any atom is -0.301 e. The molecule has 0 unspecified atom stereocenters. The highest BCUT2D eigenvalue weighted by Gasteiger charge is 2.36. The van der Waals surface area contributed by atoms with Gasteiger partial charge >= 0.3 is 6.18 Å². The van der Waals surface area contributed by atoms with E-state index in [2.05, 4.69) is 10.3 Å². The van der Waals surface area contributed by atoms with Gasteiger partial charge in [0.05, 0.1) is 22.7 Å². The first-order chi connectivity index (χ1) is 14.1. The molecule has 1 N–H and O–H groups in total. The van der Waals surface area contributed by atoms with Gasteiger partial charge in [-0.15, -0.1) is 11.3 Å². The van der Waals surface area contributed by atoms with Gasteiger partial charge in [-0.25, -0.2) is 13.4 Å². The molecule has 30 heavy (non-hydrogen) atoms. The molecule has 2 aromatic rings. The lowest BCUT2D eigenvalue weighted by Crippen LogP contribution is -2.45. The first-order valence-electron chi connectivity index (χ1n) is 9.48. The molecule has 0 bridgehead atoms. The molecule has 0 radical (unpaired) electrons. The van der Waals surface area contributed by atoms with Gasteiger partial charge in [-0.1, -0.05) is 25.3 Å². The van der Waals surface area contributed by atoms with Crippen molar-refractivity contribution in [3.63, 3.8) is 0 Å². The van der Waals surface area contributed by atoms with Crippen LogP contribution in [0.3, 0.4) is 0 Å². The fraction of sp³-hybridized carbons (Fsp3) is 0.474. The van der Waals surface area contributed by atoms with Crippen molar-refractivity contribution < 1.29 is 26.4 Å². The van der Waals surface area contributed by atoms with Crippen molar-refractivity contribution in [1.82, 2.24) is 9.29 Å². The van der Waals surface area contributed by atoms with E-state index in [9.17, 15) is 26.4 Å². The highest BCUT2D eigenvalue weighted by atomic mass is 32.2. The summed E-state index contributed by atoms with van der Waals surface area (Å²) in [4.78, 5) is 16.2. The summed E-state index contributed by atoms with van der Waals surface area (Å²) in [7, 11) is -4.31. The summed E-state index contributed by atoms with van der Waals surface area (Å²) in [6, 6.07) is 3.19. The number of anilines is 1. The molecule has 1 aliphatic rings. The molecule has 0 atom stereocenters. The molecule has 3 rings (SSSR count). The lowest BCUT2D eigenvalue weighted by molar-refractivity contribution is -0.137. The number of hydrogen-bond donors (Lipinski definition) is 1. The van der Waals surface area contributed by atoms with Crippen LogP contribution in [0.5, 0.6) is 0 Å². The van der Waals surface area contributed by atoms with Crippen LogP contribution in [0.25, 0.3) is 0 Å². The number of halogens is 3. The van der Waals surface area contributed by atoms with Crippen LogP contribution in [0, 0.1) is 6.92 Å². The van der Waals surface area contributed by atoms with Gasteiger partial charge in [-0.05, 0) is 38.0 Å². The third kappa shape index (κ3) is 5.38. The summed E-state index contributed by atoms with van der Waals surface area (Å²) in [6.45, 7) is 1.28. The summed E-state index contributed by atoms with van der Waals surface area (Å²) < 4.78 is 66.8. The largest absolute Gasteiger partial charge is 0.416 e. The molecule has 0 spiro atoms. The number of hydrogen-bond acceptors (Lipinski definition) is 5. The number of nitrogens with one attached hydrogen (secondary N) is 1. The summed E-state index contributed by atoms with van der Waals surface area (Å²) in [5.41, 5.74) is -0.328. The van der Waals surface area contributed by atoms with Gasteiger partial charge in [0.25, 0.3) is 0 Å². The molecule has 164 valence electrons. The highest BCUT2D eigenvalue weighted by Crippen LogP contribution is 2.33. The van der Waals surface area contributed by atoms with Crippen molar-refractivity contribution in [2.45, 2.75) is 56.1 Å². The van der Waals surface area contributed by atoms with E-state index < -0.39 is 45.2 Å². The number of aromatic nitrogens is 1. The molecule has 1 saturated carbocycles. The Balaban J connectivity index is 1.90. The Hall–Kier alpha value is -1.98. The molecular weight excluding hydrogens is 439 g/mol. The Bertz CT molecular complexity index is 1000. The van der Waals surface area contributed by atoms with Crippen LogP contribution in [-0.4, -0.2) is 36.2 Å². The van der Waals surface area contributed by atoms with Gasteiger partial charge in [0.2, 0.25) is 15.9 Å². The average molecular weight is 462 g/mol. The van der Waals surface area contributed by atoms with Gasteiger partial charge in [0, 0.05) is 11.4 Å². The predicted octanol–water partition coefficient (Wildman–Crippen LogP) is 4.43. The molecule has 1 aliphatic carbocycles. The zero-order valence-electron chi connectivity index (χ0n) is 16.3. The Kier molecular flexibility index (Phi) is 6.83. The number of carbonyl (C=O) groups excluding carboxylic acids is 1. The fourth-order valence-electron chi connectivity index (χ4n) is 3.46. The molecule has 1 heterocycles. The van der Waals surface area contributed by atoms with Crippen LogP contribution in [0.4, 0.5) is 18.3 Å². The third-order valence-electron chi connectivity index (χ3n) is 4.91. The number of amides is 1. The quantitative estimate of drug-likeness (QED) is 0.690. The van der Waals surface area contributed by atoms with E-state index in [0.717, 1.165) is 47.5 Å². The average Bonchev–Trinajstić information content (AvgIpc) is 3.10. The second-order valence-electron chi connectivity index (χ2n) is 7.21. The van der Waals surface area contributed by atoms with Crippen molar-refractivity contribution in [2.24, 2.45) is 0 Å². The standard InChI is InChI=1S/C19H22F3N3O3S2/c1-13-12-29-18(23-13)24-17(26)11-25(15-7-3-2-4-8-15)30(27,28)16-9-5-6-14(10-16)19(20,21)22/h5-6,9-10,12,15H,2-4,7-8,11H2,1H3,(H,23,24,26). The monoisotopic (exact) mass is 461 g/mol. The van der Waals surface area contributed by atoms with Crippen molar-refractivity contribution in [2.75, 3.05) is 11.9 Å². The third-order valence-corrected chi connectivity index (χ3v) is 7.68.